The summed E-state index contributed by atoms with van der Waals surface area (Å²) in [7, 11) is 1.31. The molecule has 0 atom stereocenters. The van der Waals surface area contributed by atoms with Crippen LogP contribution in [0.4, 0.5) is 11.4 Å². The SMILES string of the molecule is CCN(CC)C(=O)CNc1ccc(C(=O)OC)cc1N. The molecular weight excluding hydrogens is 258 g/mol. The number of rotatable bonds is 6. The van der Waals surface area contributed by atoms with E-state index in [1.807, 2.05) is 13.8 Å². The van der Waals surface area contributed by atoms with Crippen molar-refractivity contribution in [2.45, 2.75) is 13.8 Å². The minimum absolute atomic E-state index is 0.00597. The van der Waals surface area contributed by atoms with Crippen molar-refractivity contribution in [3.8, 4) is 0 Å². The molecule has 0 aliphatic carbocycles. The molecule has 0 radical (unpaired) electrons. The Morgan fingerprint density at radius 2 is 1.95 bits per heavy atom. The van der Waals surface area contributed by atoms with Crippen LogP contribution in [0.25, 0.3) is 0 Å². The number of benzene rings is 1. The van der Waals surface area contributed by atoms with Gasteiger partial charge in [0.05, 0.1) is 30.6 Å². The predicted octanol–water partition coefficient (Wildman–Crippen LogP) is 1.34. The van der Waals surface area contributed by atoms with Gasteiger partial charge < -0.3 is 20.7 Å². The number of nitrogens with one attached hydrogen (secondary N) is 1. The van der Waals surface area contributed by atoms with E-state index in [2.05, 4.69) is 10.1 Å². The number of nitrogens with two attached hydrogens (primary N) is 1. The maximum Gasteiger partial charge on any atom is 0.337 e. The lowest BCUT2D eigenvalue weighted by atomic mass is 10.1. The number of hydrogen-bond acceptors (Lipinski definition) is 5. The Balaban J connectivity index is 2.70. The Bertz CT molecular complexity index is 485. The fourth-order valence-corrected chi connectivity index (χ4v) is 1.83. The number of methoxy groups -OCH3 is 1. The maximum absolute atomic E-state index is 11.9. The molecule has 0 heterocycles. The predicted molar refractivity (Wildman–Crippen MR) is 78.6 cm³/mol. The van der Waals surface area contributed by atoms with Crippen LogP contribution in [0.15, 0.2) is 18.2 Å². The molecule has 1 aromatic rings. The lowest BCUT2D eigenvalue weighted by Gasteiger charge is -2.19. The lowest BCUT2D eigenvalue weighted by Crippen LogP contribution is -2.35. The number of hydrogen-bond donors (Lipinski definition) is 2. The van der Waals surface area contributed by atoms with Gasteiger partial charge in [-0.2, -0.15) is 0 Å². The van der Waals surface area contributed by atoms with Crippen molar-refractivity contribution in [2.24, 2.45) is 0 Å². The van der Waals surface area contributed by atoms with Crippen LogP contribution >= 0.6 is 0 Å². The highest BCUT2D eigenvalue weighted by Crippen LogP contribution is 2.20. The Kier molecular flexibility index (Phi) is 5.83. The molecule has 20 heavy (non-hydrogen) atoms. The molecule has 0 saturated heterocycles. The van der Waals surface area contributed by atoms with Crippen LogP contribution in [0.2, 0.25) is 0 Å². The van der Waals surface area contributed by atoms with Gasteiger partial charge in [0, 0.05) is 13.1 Å². The third-order valence-electron chi connectivity index (χ3n) is 3.02. The molecule has 6 heteroatoms. The van der Waals surface area contributed by atoms with E-state index in [1.54, 1.807) is 17.0 Å². The van der Waals surface area contributed by atoms with Crippen LogP contribution in [-0.4, -0.2) is 43.5 Å². The molecule has 0 bridgehead atoms. The average molecular weight is 279 g/mol. The van der Waals surface area contributed by atoms with E-state index in [0.717, 1.165) is 0 Å². The zero-order valence-corrected chi connectivity index (χ0v) is 12.1. The number of nitrogen functional groups attached to an aromatic ring is 1. The van der Waals surface area contributed by atoms with Gasteiger partial charge in [-0.25, -0.2) is 4.79 Å². The largest absolute Gasteiger partial charge is 0.465 e. The molecule has 3 N–H and O–H groups in total. The van der Waals surface area contributed by atoms with E-state index >= 15 is 0 Å². The summed E-state index contributed by atoms with van der Waals surface area (Å²) in [5.74, 6) is -0.436. The third kappa shape index (κ3) is 3.88. The number of anilines is 2. The lowest BCUT2D eigenvalue weighted by molar-refractivity contribution is -0.128. The molecule has 0 spiro atoms. The molecule has 0 fully saturated rings. The second-order valence-corrected chi connectivity index (χ2v) is 4.21. The standard InChI is InChI=1S/C14H21N3O3/c1-4-17(5-2)13(18)9-16-12-7-6-10(8-11(12)15)14(19)20-3/h6-8,16H,4-5,9,15H2,1-3H3. The Morgan fingerprint density at radius 1 is 1.30 bits per heavy atom. The van der Waals surface area contributed by atoms with Crippen molar-refractivity contribution in [3.05, 3.63) is 23.8 Å². The molecule has 6 nitrogen and oxygen atoms in total. The maximum atomic E-state index is 11.9. The van der Waals surface area contributed by atoms with E-state index in [9.17, 15) is 9.59 Å². The summed E-state index contributed by atoms with van der Waals surface area (Å²) in [4.78, 5) is 24.9. The van der Waals surface area contributed by atoms with Gasteiger partial charge in [-0.15, -0.1) is 0 Å². The summed E-state index contributed by atoms with van der Waals surface area (Å²) in [5, 5.41) is 2.98. The van der Waals surface area contributed by atoms with Crippen molar-refractivity contribution in [3.63, 3.8) is 0 Å². The van der Waals surface area contributed by atoms with Crippen LogP contribution in [0.1, 0.15) is 24.2 Å². The van der Waals surface area contributed by atoms with Crippen LogP contribution in [0.5, 0.6) is 0 Å². The van der Waals surface area contributed by atoms with Gasteiger partial charge in [-0.1, -0.05) is 0 Å². The Labute approximate surface area is 118 Å². The van der Waals surface area contributed by atoms with Gasteiger partial charge in [0.25, 0.3) is 0 Å². The van der Waals surface area contributed by atoms with Gasteiger partial charge in [0.15, 0.2) is 0 Å². The number of ether oxygens (including phenoxy) is 1. The second-order valence-electron chi connectivity index (χ2n) is 4.21. The molecule has 0 aliphatic heterocycles. The monoisotopic (exact) mass is 279 g/mol. The van der Waals surface area contributed by atoms with Gasteiger partial charge >= 0.3 is 5.97 Å². The summed E-state index contributed by atoms with van der Waals surface area (Å²) in [6, 6.07) is 4.79. The topological polar surface area (TPSA) is 84.7 Å². The number of nitrogens with zero attached hydrogens (tertiary/aromatic N) is 1. The Hall–Kier alpha value is -2.24. The van der Waals surface area contributed by atoms with Crippen molar-refractivity contribution in [1.82, 2.24) is 4.90 Å². The summed E-state index contributed by atoms with van der Waals surface area (Å²) in [6.07, 6.45) is 0. The molecule has 0 aromatic heterocycles. The van der Waals surface area contributed by atoms with Crippen LogP contribution in [0, 0.1) is 0 Å². The number of carbonyl (C=O) groups excluding carboxylic acids is 2. The molecule has 110 valence electrons. The van der Waals surface area contributed by atoms with Crippen LogP contribution < -0.4 is 11.1 Å². The first-order valence-corrected chi connectivity index (χ1v) is 6.52. The number of amides is 1. The zero-order valence-electron chi connectivity index (χ0n) is 12.1. The first kappa shape index (κ1) is 15.8. The van der Waals surface area contributed by atoms with Crippen LogP contribution in [0.3, 0.4) is 0 Å². The molecule has 0 saturated carbocycles. The molecule has 1 rings (SSSR count). The van der Waals surface area contributed by atoms with Crippen molar-refractivity contribution in [2.75, 3.05) is 37.8 Å². The highest BCUT2D eigenvalue weighted by atomic mass is 16.5. The third-order valence-corrected chi connectivity index (χ3v) is 3.02. The first-order chi connectivity index (χ1) is 9.53. The highest BCUT2D eigenvalue weighted by molar-refractivity contribution is 5.92. The molecule has 1 amide bonds. The zero-order chi connectivity index (χ0) is 15.1. The van der Waals surface area contributed by atoms with E-state index in [4.69, 9.17) is 5.73 Å². The summed E-state index contributed by atoms with van der Waals surface area (Å²) < 4.78 is 4.61. The van der Waals surface area contributed by atoms with E-state index in [1.165, 1.54) is 13.2 Å². The normalized spacial score (nSPS) is 9.95. The number of likely N-dealkylation sites (N-methyl/N-ethyl adjacent to an activating group) is 1. The van der Waals surface area contributed by atoms with Gasteiger partial charge in [0.1, 0.15) is 0 Å². The van der Waals surface area contributed by atoms with Gasteiger partial charge in [-0.05, 0) is 32.0 Å². The van der Waals surface area contributed by atoms with Crippen molar-refractivity contribution >= 4 is 23.3 Å². The molecule has 0 unspecified atom stereocenters. The van der Waals surface area contributed by atoms with E-state index < -0.39 is 5.97 Å². The number of carbonyl (C=O) groups is 2. The quantitative estimate of drug-likeness (QED) is 0.606. The minimum atomic E-state index is -0.442. The first-order valence-electron chi connectivity index (χ1n) is 6.52. The molecule has 1 aromatic carbocycles. The van der Waals surface area contributed by atoms with Gasteiger partial charge in [0.2, 0.25) is 5.91 Å². The fraction of sp³-hybridized carbons (Fsp3) is 0.429. The van der Waals surface area contributed by atoms with E-state index in [-0.39, 0.29) is 12.5 Å². The summed E-state index contributed by atoms with van der Waals surface area (Å²) in [5.41, 5.74) is 7.25. The summed E-state index contributed by atoms with van der Waals surface area (Å²) >= 11 is 0. The van der Waals surface area contributed by atoms with Gasteiger partial charge in [-0.3, -0.25) is 4.79 Å². The number of esters is 1. The fourth-order valence-electron chi connectivity index (χ4n) is 1.83. The summed E-state index contributed by atoms with van der Waals surface area (Å²) in [6.45, 7) is 5.38. The Morgan fingerprint density at radius 3 is 2.45 bits per heavy atom. The van der Waals surface area contributed by atoms with Crippen LogP contribution in [-0.2, 0) is 9.53 Å². The van der Waals surface area contributed by atoms with E-state index in [0.29, 0.717) is 30.0 Å². The molecular formula is C14H21N3O3. The minimum Gasteiger partial charge on any atom is -0.465 e. The van der Waals surface area contributed by atoms with Crippen molar-refractivity contribution in [1.29, 1.82) is 0 Å². The average Bonchev–Trinajstić information content (AvgIpc) is 2.46. The molecule has 0 aliphatic rings. The highest BCUT2D eigenvalue weighted by Gasteiger charge is 2.11. The smallest absolute Gasteiger partial charge is 0.337 e. The second kappa shape index (κ2) is 7.37. The van der Waals surface area contributed by atoms with Crippen molar-refractivity contribution < 1.29 is 14.3 Å².